The molecule has 0 aromatic carbocycles. The van der Waals surface area contributed by atoms with Crippen molar-refractivity contribution in [3.63, 3.8) is 0 Å². The van der Waals surface area contributed by atoms with Crippen LogP contribution in [0.25, 0.3) is 0 Å². The number of nitrogens with one attached hydrogen (secondary N) is 1. The lowest BCUT2D eigenvalue weighted by Crippen LogP contribution is -2.46. The van der Waals surface area contributed by atoms with Crippen molar-refractivity contribution in [3.8, 4) is 0 Å². The van der Waals surface area contributed by atoms with Crippen LogP contribution in [0.2, 0.25) is 0 Å². The summed E-state index contributed by atoms with van der Waals surface area (Å²) >= 11 is 0. The lowest BCUT2D eigenvalue weighted by Gasteiger charge is -2.39. The number of hydrogen-bond donors (Lipinski definition) is 4. The minimum atomic E-state index is -1.41. The third-order valence-corrected chi connectivity index (χ3v) is 12.9. The first-order valence-corrected chi connectivity index (χ1v) is 18.5. The molecule has 5 N–H and O–H groups in total. The highest BCUT2D eigenvalue weighted by molar-refractivity contribution is 5.84. The van der Waals surface area contributed by atoms with Crippen LogP contribution in [0.3, 0.4) is 0 Å². The topological polar surface area (TPSA) is 195 Å². The Hall–Kier alpha value is -2.77. The van der Waals surface area contributed by atoms with Gasteiger partial charge in [-0.1, -0.05) is 6.92 Å². The summed E-state index contributed by atoms with van der Waals surface area (Å²) < 4.78 is 17.5. The van der Waals surface area contributed by atoms with Crippen LogP contribution in [0.15, 0.2) is 0 Å². The Bertz CT molecular complexity index is 1310. The molecule has 1 heterocycles. The van der Waals surface area contributed by atoms with E-state index < -0.39 is 64.7 Å². The second-order valence-electron chi connectivity index (χ2n) is 17.3. The molecule has 0 radical (unpaired) electrons. The number of amides is 2. The molecule has 13 atom stereocenters. The average molecular weight is 706 g/mol. The van der Waals surface area contributed by atoms with Crippen molar-refractivity contribution < 1.29 is 48.4 Å². The first-order chi connectivity index (χ1) is 23.5. The summed E-state index contributed by atoms with van der Waals surface area (Å²) in [7, 11) is 3.73. The predicted molar refractivity (Wildman–Crippen MR) is 180 cm³/mol. The molecule has 0 aromatic heterocycles. The lowest BCUT2D eigenvalue weighted by atomic mass is 9.67. The van der Waals surface area contributed by atoms with Gasteiger partial charge in [-0.15, -0.1) is 0 Å². The van der Waals surface area contributed by atoms with Gasteiger partial charge in [0.1, 0.15) is 18.8 Å². The summed E-state index contributed by atoms with van der Waals surface area (Å²) in [6, 6.07) is 0. The zero-order valence-electron chi connectivity index (χ0n) is 30.6. The third-order valence-electron chi connectivity index (χ3n) is 12.9. The Labute approximate surface area is 295 Å². The van der Waals surface area contributed by atoms with Crippen LogP contribution in [0.1, 0.15) is 79.1 Å². The maximum absolute atomic E-state index is 14.5. The number of fused-ring (bicyclic) bond motifs is 3. The van der Waals surface area contributed by atoms with Crippen molar-refractivity contribution in [2.45, 2.75) is 97.4 Å². The number of likely N-dealkylation sites (N-methyl/N-ethyl adjacent to an activating group) is 1. The van der Waals surface area contributed by atoms with E-state index in [4.69, 9.17) is 19.9 Å². The maximum Gasteiger partial charge on any atom is 0.312 e. The standard InChI is InChI=1S/C37H59N3O10/c1-19-20-11-25(28(42)15-20)24(19)14-22(31(38)43)17-37(4,35(47)50-29-21-12-26-27(13-21)33(45)49-30(26)29)18-23(32(44)39-7-9-41)16-36(2,3)34(46)48-10-8-40(5)6/h19-30,41-42H,7-18H2,1-6H3,(H2,38,43)(H,39,44). The molecule has 13 heteroatoms. The van der Waals surface area contributed by atoms with Crippen molar-refractivity contribution in [3.05, 3.63) is 0 Å². The molecule has 0 aromatic rings. The maximum atomic E-state index is 14.5. The Morgan fingerprint density at radius 2 is 1.68 bits per heavy atom. The van der Waals surface area contributed by atoms with E-state index in [1.165, 1.54) is 0 Å². The average Bonchev–Trinajstić information content (AvgIpc) is 3.82. The van der Waals surface area contributed by atoms with Crippen LogP contribution in [0.4, 0.5) is 0 Å². The molecule has 5 fully saturated rings. The molecule has 282 valence electrons. The van der Waals surface area contributed by atoms with Crippen molar-refractivity contribution in [2.75, 3.05) is 40.4 Å². The number of esters is 3. The predicted octanol–water partition coefficient (Wildman–Crippen LogP) is 1.66. The highest BCUT2D eigenvalue weighted by Gasteiger charge is 2.64. The normalized spacial score (nSPS) is 34.7. The zero-order valence-corrected chi connectivity index (χ0v) is 30.6. The molecular weight excluding hydrogens is 646 g/mol. The van der Waals surface area contributed by atoms with Gasteiger partial charge in [0.2, 0.25) is 11.8 Å². The van der Waals surface area contributed by atoms with Crippen LogP contribution in [-0.2, 0) is 38.2 Å². The second-order valence-corrected chi connectivity index (χ2v) is 17.3. The van der Waals surface area contributed by atoms with Gasteiger partial charge in [-0.3, -0.25) is 24.0 Å². The minimum Gasteiger partial charge on any atom is -0.464 e. The van der Waals surface area contributed by atoms with Crippen LogP contribution < -0.4 is 11.1 Å². The van der Waals surface area contributed by atoms with E-state index in [1.807, 2.05) is 19.0 Å². The number of nitrogens with zero attached hydrogens (tertiary/aromatic N) is 1. The Morgan fingerprint density at radius 1 is 1.00 bits per heavy atom. The summed E-state index contributed by atoms with van der Waals surface area (Å²) in [5.74, 6) is -3.38. The highest BCUT2D eigenvalue weighted by Crippen LogP contribution is 2.57. The largest absolute Gasteiger partial charge is 0.464 e. The van der Waals surface area contributed by atoms with Gasteiger partial charge < -0.3 is 40.4 Å². The second kappa shape index (κ2) is 15.1. The van der Waals surface area contributed by atoms with Crippen LogP contribution in [-0.4, -0.2) is 104 Å². The first-order valence-electron chi connectivity index (χ1n) is 18.5. The lowest BCUT2D eigenvalue weighted by molar-refractivity contribution is -0.174. The number of carbonyl (C=O) groups is 5. The molecule has 5 aliphatic rings. The van der Waals surface area contributed by atoms with Crippen LogP contribution >= 0.6 is 0 Å². The minimum absolute atomic E-state index is 0.00323. The van der Waals surface area contributed by atoms with Gasteiger partial charge in [0.05, 0.1) is 29.5 Å². The van der Waals surface area contributed by atoms with Crippen molar-refractivity contribution in [2.24, 2.45) is 69.8 Å². The highest BCUT2D eigenvalue weighted by atomic mass is 16.6. The van der Waals surface area contributed by atoms with E-state index in [-0.39, 0.29) is 74.6 Å². The fourth-order valence-electron chi connectivity index (χ4n) is 10.2. The monoisotopic (exact) mass is 705 g/mol. The number of nitrogens with two attached hydrogens (primary N) is 1. The number of rotatable bonds is 18. The van der Waals surface area contributed by atoms with Crippen molar-refractivity contribution >= 4 is 29.7 Å². The van der Waals surface area contributed by atoms with Crippen molar-refractivity contribution in [1.29, 1.82) is 0 Å². The Kier molecular flexibility index (Phi) is 11.6. The van der Waals surface area contributed by atoms with Gasteiger partial charge >= 0.3 is 17.9 Å². The van der Waals surface area contributed by atoms with E-state index in [0.717, 1.165) is 19.3 Å². The van der Waals surface area contributed by atoms with Gasteiger partial charge in [0, 0.05) is 36.8 Å². The van der Waals surface area contributed by atoms with Crippen molar-refractivity contribution in [1.82, 2.24) is 10.2 Å². The number of aliphatic hydroxyl groups excluding tert-OH is 2. The van der Waals surface area contributed by atoms with Gasteiger partial charge in [0.15, 0.2) is 0 Å². The molecule has 2 amide bonds. The van der Waals surface area contributed by atoms with Gasteiger partial charge in [-0.2, -0.15) is 0 Å². The molecule has 1 saturated heterocycles. The van der Waals surface area contributed by atoms with Gasteiger partial charge in [0.25, 0.3) is 0 Å². The quantitative estimate of drug-likeness (QED) is 0.120. The summed E-state index contributed by atoms with van der Waals surface area (Å²) in [4.78, 5) is 69.1. The number of carbonyl (C=O) groups excluding carboxylic acids is 5. The zero-order chi connectivity index (χ0) is 36.7. The molecular formula is C37H59N3O10. The van der Waals surface area contributed by atoms with E-state index in [0.29, 0.717) is 31.2 Å². The van der Waals surface area contributed by atoms with E-state index >= 15 is 0 Å². The number of ether oxygens (including phenoxy) is 3. The molecule has 50 heavy (non-hydrogen) atoms. The molecule has 4 aliphatic carbocycles. The summed E-state index contributed by atoms with van der Waals surface area (Å²) in [6.07, 6.45) is 1.79. The van der Waals surface area contributed by atoms with Gasteiger partial charge in [-0.05, 0) is 110 Å². The Morgan fingerprint density at radius 3 is 2.32 bits per heavy atom. The fraction of sp³-hybridized carbons (Fsp3) is 0.865. The number of primary amides is 1. The van der Waals surface area contributed by atoms with Gasteiger partial charge in [-0.25, -0.2) is 0 Å². The first kappa shape index (κ1) is 38.5. The fourth-order valence-corrected chi connectivity index (χ4v) is 10.2. The molecule has 5 rings (SSSR count). The van der Waals surface area contributed by atoms with Crippen LogP contribution in [0.5, 0.6) is 0 Å². The van der Waals surface area contributed by atoms with E-state index in [2.05, 4.69) is 12.2 Å². The molecule has 13 unspecified atom stereocenters. The molecule has 1 aliphatic heterocycles. The molecule has 4 bridgehead atoms. The molecule has 4 saturated carbocycles. The SMILES string of the molecule is CC1C2CC(O)C(C2)C1CC(CC(C)(CC(CC(C)(C)C(=O)OCCN(C)C)C(=O)NCCO)C(=O)OC1C2CC3C(=O)OC1C3C2)C(N)=O. The summed E-state index contributed by atoms with van der Waals surface area (Å²) in [5, 5.41) is 22.9. The summed E-state index contributed by atoms with van der Waals surface area (Å²) in [5.41, 5.74) is 3.54. The smallest absolute Gasteiger partial charge is 0.312 e. The number of aliphatic hydroxyl groups is 2. The van der Waals surface area contributed by atoms with E-state index in [9.17, 15) is 34.2 Å². The summed E-state index contributed by atoms with van der Waals surface area (Å²) in [6.45, 7) is 7.62. The third kappa shape index (κ3) is 7.84. The molecule has 13 nitrogen and oxygen atoms in total. The van der Waals surface area contributed by atoms with E-state index in [1.54, 1.807) is 20.8 Å². The molecule has 0 spiro atoms. The Balaban J connectivity index is 1.41. The van der Waals surface area contributed by atoms with Crippen LogP contribution in [0, 0.1) is 64.1 Å². The number of hydrogen-bond acceptors (Lipinski definition) is 11.